The van der Waals surface area contributed by atoms with E-state index < -0.39 is 0 Å². The molecular formula is C11H15N3. The zero-order valence-corrected chi connectivity index (χ0v) is 8.59. The highest BCUT2D eigenvalue weighted by Crippen LogP contribution is 2.23. The number of nitrogens with zero attached hydrogens (tertiary/aromatic N) is 1. The lowest BCUT2D eigenvalue weighted by atomic mass is 10.0. The van der Waals surface area contributed by atoms with Gasteiger partial charge in [-0.05, 0) is 36.1 Å². The van der Waals surface area contributed by atoms with Gasteiger partial charge in [0, 0.05) is 5.39 Å². The monoisotopic (exact) mass is 189 g/mol. The number of hydrogen-bond donors (Lipinski definition) is 2. The summed E-state index contributed by atoms with van der Waals surface area (Å²) in [5.74, 6) is 0.595. The van der Waals surface area contributed by atoms with Crippen molar-refractivity contribution in [2.24, 2.45) is 0 Å². The first-order chi connectivity index (χ1) is 6.76. The summed E-state index contributed by atoms with van der Waals surface area (Å²) in [5.41, 5.74) is 9.53. The average molecular weight is 189 g/mol. The van der Waals surface area contributed by atoms with Crippen molar-refractivity contribution in [1.82, 2.24) is 10.2 Å². The standard InChI is InChI=1S/C11H15N3/c1-3-7-5-9-10(6-8(7)4-2)13-14-11(9)12/h5-6H,3-4H2,1-2H3,(H3,12,13,14). The summed E-state index contributed by atoms with van der Waals surface area (Å²) in [5, 5.41) is 7.98. The van der Waals surface area contributed by atoms with E-state index in [0.717, 1.165) is 23.7 Å². The number of benzene rings is 1. The van der Waals surface area contributed by atoms with Crippen molar-refractivity contribution in [2.45, 2.75) is 26.7 Å². The molecule has 2 rings (SSSR count). The van der Waals surface area contributed by atoms with Gasteiger partial charge in [0.05, 0.1) is 5.52 Å². The van der Waals surface area contributed by atoms with Crippen molar-refractivity contribution < 1.29 is 0 Å². The first-order valence-corrected chi connectivity index (χ1v) is 5.01. The van der Waals surface area contributed by atoms with Gasteiger partial charge in [-0.25, -0.2) is 0 Å². The minimum Gasteiger partial charge on any atom is -0.382 e. The molecule has 74 valence electrons. The van der Waals surface area contributed by atoms with Gasteiger partial charge >= 0.3 is 0 Å². The molecule has 0 amide bonds. The molecule has 0 saturated carbocycles. The molecule has 1 aromatic carbocycles. The molecule has 3 heteroatoms. The molecule has 0 aliphatic carbocycles. The van der Waals surface area contributed by atoms with Gasteiger partial charge in [0.15, 0.2) is 5.82 Å². The number of nitrogens with two attached hydrogens (primary N) is 1. The summed E-state index contributed by atoms with van der Waals surface area (Å²) in [6, 6.07) is 4.30. The van der Waals surface area contributed by atoms with Gasteiger partial charge < -0.3 is 5.73 Å². The third-order valence-electron chi connectivity index (χ3n) is 2.67. The summed E-state index contributed by atoms with van der Waals surface area (Å²) in [6.07, 6.45) is 2.10. The van der Waals surface area contributed by atoms with E-state index >= 15 is 0 Å². The molecule has 3 nitrogen and oxygen atoms in total. The van der Waals surface area contributed by atoms with E-state index in [4.69, 9.17) is 5.73 Å². The fourth-order valence-corrected chi connectivity index (χ4v) is 1.83. The van der Waals surface area contributed by atoms with Crippen LogP contribution in [0.1, 0.15) is 25.0 Å². The number of rotatable bonds is 2. The molecule has 0 bridgehead atoms. The highest BCUT2D eigenvalue weighted by Gasteiger charge is 2.06. The quantitative estimate of drug-likeness (QED) is 0.761. The van der Waals surface area contributed by atoms with Crippen LogP contribution < -0.4 is 5.73 Å². The molecule has 0 spiro atoms. The summed E-state index contributed by atoms with van der Waals surface area (Å²) in [6.45, 7) is 4.33. The average Bonchev–Trinajstić information content (AvgIpc) is 2.58. The maximum Gasteiger partial charge on any atom is 0.153 e. The van der Waals surface area contributed by atoms with Crippen LogP contribution in [0.5, 0.6) is 0 Å². The Balaban J connectivity index is 2.71. The first-order valence-electron chi connectivity index (χ1n) is 5.01. The van der Waals surface area contributed by atoms with E-state index in [9.17, 15) is 0 Å². The Hall–Kier alpha value is -1.51. The van der Waals surface area contributed by atoms with Crippen molar-refractivity contribution in [3.63, 3.8) is 0 Å². The van der Waals surface area contributed by atoms with Gasteiger partial charge in [-0.1, -0.05) is 13.8 Å². The van der Waals surface area contributed by atoms with Crippen LogP contribution in [0.2, 0.25) is 0 Å². The maximum atomic E-state index is 5.75. The lowest BCUT2D eigenvalue weighted by Gasteiger charge is -2.05. The van der Waals surface area contributed by atoms with Crippen LogP contribution in [-0.2, 0) is 12.8 Å². The zero-order valence-electron chi connectivity index (χ0n) is 8.59. The fourth-order valence-electron chi connectivity index (χ4n) is 1.83. The molecule has 14 heavy (non-hydrogen) atoms. The number of nitrogens with one attached hydrogen (secondary N) is 1. The number of hydrogen-bond acceptors (Lipinski definition) is 2. The van der Waals surface area contributed by atoms with Gasteiger partial charge in [-0.15, -0.1) is 0 Å². The van der Waals surface area contributed by atoms with Crippen LogP contribution in [0.15, 0.2) is 12.1 Å². The lowest BCUT2D eigenvalue weighted by Crippen LogP contribution is -1.91. The van der Waals surface area contributed by atoms with Crippen LogP contribution in [0.3, 0.4) is 0 Å². The third kappa shape index (κ3) is 1.25. The number of aryl methyl sites for hydroxylation is 2. The molecule has 0 aliphatic rings. The predicted molar refractivity (Wildman–Crippen MR) is 59.3 cm³/mol. The molecule has 2 aromatic rings. The second-order valence-electron chi connectivity index (χ2n) is 3.48. The highest BCUT2D eigenvalue weighted by molar-refractivity contribution is 5.89. The van der Waals surface area contributed by atoms with Crippen LogP contribution in [0.25, 0.3) is 10.9 Å². The Morgan fingerprint density at radius 3 is 2.50 bits per heavy atom. The molecule has 0 saturated heterocycles. The first kappa shape index (κ1) is 9.06. The van der Waals surface area contributed by atoms with Crippen LogP contribution in [0.4, 0.5) is 5.82 Å². The highest BCUT2D eigenvalue weighted by atomic mass is 15.1. The van der Waals surface area contributed by atoms with Crippen molar-refractivity contribution in [2.75, 3.05) is 5.73 Å². The molecule has 0 aliphatic heterocycles. The second-order valence-corrected chi connectivity index (χ2v) is 3.48. The van der Waals surface area contributed by atoms with Crippen molar-refractivity contribution in [3.8, 4) is 0 Å². The Kier molecular flexibility index (Phi) is 2.15. The number of aromatic nitrogens is 2. The molecule has 1 heterocycles. The van der Waals surface area contributed by atoms with E-state index in [-0.39, 0.29) is 0 Å². The number of anilines is 1. The number of nitrogen functional groups attached to an aromatic ring is 1. The Morgan fingerprint density at radius 1 is 1.21 bits per heavy atom. The fraction of sp³-hybridized carbons (Fsp3) is 0.364. The minimum atomic E-state index is 0.595. The van der Waals surface area contributed by atoms with E-state index in [1.54, 1.807) is 0 Å². The SMILES string of the molecule is CCc1cc2[nH]nc(N)c2cc1CC. The van der Waals surface area contributed by atoms with E-state index in [1.165, 1.54) is 11.1 Å². The molecular weight excluding hydrogens is 174 g/mol. The zero-order chi connectivity index (χ0) is 10.1. The van der Waals surface area contributed by atoms with E-state index in [2.05, 4.69) is 36.2 Å². The van der Waals surface area contributed by atoms with Crippen LogP contribution in [-0.4, -0.2) is 10.2 Å². The number of H-pyrrole nitrogens is 1. The number of aromatic amines is 1. The molecule has 0 atom stereocenters. The predicted octanol–water partition coefficient (Wildman–Crippen LogP) is 2.27. The van der Waals surface area contributed by atoms with Gasteiger partial charge in [0.2, 0.25) is 0 Å². The smallest absolute Gasteiger partial charge is 0.153 e. The van der Waals surface area contributed by atoms with Gasteiger partial charge in [-0.3, -0.25) is 5.10 Å². The molecule has 1 aromatic heterocycles. The largest absolute Gasteiger partial charge is 0.382 e. The summed E-state index contributed by atoms with van der Waals surface area (Å²) in [7, 11) is 0. The Bertz CT molecular complexity index is 457. The topological polar surface area (TPSA) is 54.7 Å². The normalized spacial score (nSPS) is 11.0. The van der Waals surface area contributed by atoms with Gasteiger partial charge in [0.1, 0.15) is 0 Å². The molecule has 0 fully saturated rings. The Morgan fingerprint density at radius 2 is 1.86 bits per heavy atom. The summed E-state index contributed by atoms with van der Waals surface area (Å²) in [4.78, 5) is 0. The molecule has 0 unspecified atom stereocenters. The minimum absolute atomic E-state index is 0.595. The van der Waals surface area contributed by atoms with Crippen LogP contribution in [0, 0.1) is 0 Å². The van der Waals surface area contributed by atoms with Crippen molar-refractivity contribution >= 4 is 16.7 Å². The van der Waals surface area contributed by atoms with E-state index in [1.807, 2.05) is 0 Å². The number of fused-ring (bicyclic) bond motifs is 1. The third-order valence-corrected chi connectivity index (χ3v) is 2.67. The lowest BCUT2D eigenvalue weighted by molar-refractivity contribution is 1.04. The molecule has 3 N–H and O–H groups in total. The summed E-state index contributed by atoms with van der Waals surface area (Å²) >= 11 is 0. The van der Waals surface area contributed by atoms with Crippen molar-refractivity contribution in [3.05, 3.63) is 23.3 Å². The van der Waals surface area contributed by atoms with Gasteiger partial charge in [0.25, 0.3) is 0 Å². The van der Waals surface area contributed by atoms with Gasteiger partial charge in [-0.2, -0.15) is 5.10 Å². The van der Waals surface area contributed by atoms with Crippen LogP contribution >= 0.6 is 0 Å². The second kappa shape index (κ2) is 3.33. The Labute approximate surface area is 83.3 Å². The summed E-state index contributed by atoms with van der Waals surface area (Å²) < 4.78 is 0. The maximum absolute atomic E-state index is 5.75. The molecule has 0 radical (unpaired) electrons. The van der Waals surface area contributed by atoms with E-state index in [0.29, 0.717) is 5.82 Å². The van der Waals surface area contributed by atoms with Crippen molar-refractivity contribution in [1.29, 1.82) is 0 Å².